The first-order chi connectivity index (χ1) is 16.9. The fourth-order valence-corrected chi connectivity index (χ4v) is 5.88. The van der Waals surface area contributed by atoms with Gasteiger partial charge in [0.15, 0.2) is 4.80 Å². The average molecular weight is 508 g/mol. The van der Waals surface area contributed by atoms with E-state index in [4.69, 9.17) is 16.3 Å². The van der Waals surface area contributed by atoms with Crippen LogP contribution in [0, 0.1) is 0 Å². The van der Waals surface area contributed by atoms with E-state index >= 15 is 0 Å². The van der Waals surface area contributed by atoms with E-state index in [0.717, 1.165) is 17.0 Å². The molecule has 0 fully saturated rings. The van der Waals surface area contributed by atoms with E-state index in [1.807, 2.05) is 31.2 Å². The monoisotopic (exact) mass is 507 g/mol. The second-order valence-electron chi connectivity index (χ2n) is 8.12. The van der Waals surface area contributed by atoms with Crippen molar-refractivity contribution in [3.63, 3.8) is 0 Å². The Balaban J connectivity index is 1.83. The molecule has 0 saturated heterocycles. The van der Waals surface area contributed by atoms with Gasteiger partial charge in [-0.2, -0.15) is 0 Å². The Labute approximate surface area is 210 Å². The topological polar surface area (TPSA) is 81.0 Å². The van der Waals surface area contributed by atoms with Gasteiger partial charge in [0, 0.05) is 17.1 Å². The molecule has 178 valence electrons. The molecule has 1 atom stereocenters. The molecule has 1 amide bonds. The first-order valence-electron chi connectivity index (χ1n) is 11.3. The highest BCUT2D eigenvalue weighted by atomic mass is 35.5. The van der Waals surface area contributed by atoms with Crippen molar-refractivity contribution in [2.45, 2.75) is 26.8 Å². The maximum Gasteiger partial charge on any atom is 0.338 e. The zero-order valence-corrected chi connectivity index (χ0v) is 20.9. The average Bonchev–Trinajstić information content (AvgIpc) is 3.31. The van der Waals surface area contributed by atoms with Crippen LogP contribution in [0.1, 0.15) is 37.9 Å². The number of rotatable bonds is 4. The van der Waals surface area contributed by atoms with Crippen LogP contribution in [-0.2, 0) is 14.3 Å². The van der Waals surface area contributed by atoms with Crippen molar-refractivity contribution < 1.29 is 14.3 Å². The second-order valence-corrected chi connectivity index (χ2v) is 9.53. The van der Waals surface area contributed by atoms with Crippen molar-refractivity contribution in [3.05, 3.63) is 95.6 Å². The summed E-state index contributed by atoms with van der Waals surface area (Å²) in [7, 11) is 0. The molecule has 0 spiro atoms. The van der Waals surface area contributed by atoms with E-state index in [1.165, 1.54) is 4.57 Å². The third-order valence-electron chi connectivity index (χ3n) is 6.14. The number of para-hydroxylation sites is 1. The van der Waals surface area contributed by atoms with Gasteiger partial charge in [-0.05, 0) is 44.5 Å². The maximum absolute atomic E-state index is 14.0. The van der Waals surface area contributed by atoms with Crippen molar-refractivity contribution in [2.24, 2.45) is 4.99 Å². The Morgan fingerprint density at radius 3 is 2.51 bits per heavy atom. The number of hydrogen-bond acceptors (Lipinski definition) is 6. The van der Waals surface area contributed by atoms with Crippen molar-refractivity contribution >= 4 is 46.1 Å². The number of aromatic nitrogens is 1. The summed E-state index contributed by atoms with van der Waals surface area (Å²) in [6.45, 7) is 6.02. The van der Waals surface area contributed by atoms with Gasteiger partial charge >= 0.3 is 5.97 Å². The number of carbonyl (C=O) groups excluding carboxylic acids is 2. The molecular formula is C26H22ClN3O4S. The zero-order valence-electron chi connectivity index (χ0n) is 19.4. The van der Waals surface area contributed by atoms with E-state index in [2.05, 4.69) is 4.99 Å². The second kappa shape index (κ2) is 8.94. The highest BCUT2D eigenvalue weighted by molar-refractivity contribution is 7.07. The number of carbonyl (C=O) groups is 2. The molecule has 3 aromatic rings. The van der Waals surface area contributed by atoms with Gasteiger partial charge in [0.05, 0.1) is 35.2 Å². The molecule has 2 aromatic carbocycles. The van der Waals surface area contributed by atoms with Gasteiger partial charge in [0.25, 0.3) is 11.5 Å². The molecule has 9 heteroatoms. The van der Waals surface area contributed by atoms with Crippen LogP contribution in [0.5, 0.6) is 0 Å². The quantitative estimate of drug-likeness (QED) is 0.508. The van der Waals surface area contributed by atoms with Gasteiger partial charge in [-0.25, -0.2) is 9.79 Å². The van der Waals surface area contributed by atoms with E-state index in [1.54, 1.807) is 43.0 Å². The number of amides is 1. The lowest BCUT2D eigenvalue weighted by Gasteiger charge is -2.24. The molecule has 0 saturated carbocycles. The van der Waals surface area contributed by atoms with E-state index in [-0.39, 0.29) is 23.6 Å². The molecule has 2 aliphatic rings. The molecule has 1 aromatic heterocycles. The van der Waals surface area contributed by atoms with Gasteiger partial charge < -0.3 is 9.64 Å². The highest BCUT2D eigenvalue weighted by Gasteiger charge is 2.36. The fourth-order valence-electron chi connectivity index (χ4n) is 4.62. The SMILES string of the molecule is CCOC(=O)C1=C(C)N=c2s/c(=C3\C(=O)N(CC)c4ccccc43)c(=O)n2[C@H]1c1ccc(Cl)cc1. The molecule has 0 bridgehead atoms. The fraction of sp³-hybridized carbons (Fsp3) is 0.231. The number of thiazole rings is 1. The molecular weight excluding hydrogens is 486 g/mol. The van der Waals surface area contributed by atoms with Crippen LogP contribution in [0.3, 0.4) is 0 Å². The maximum atomic E-state index is 14.0. The molecule has 7 nitrogen and oxygen atoms in total. The lowest BCUT2D eigenvalue weighted by Crippen LogP contribution is -2.41. The Morgan fingerprint density at radius 1 is 1.11 bits per heavy atom. The van der Waals surface area contributed by atoms with E-state index in [9.17, 15) is 14.4 Å². The summed E-state index contributed by atoms with van der Waals surface area (Å²) in [5.41, 5.74) is 2.92. The van der Waals surface area contributed by atoms with Crippen molar-refractivity contribution in [1.82, 2.24) is 4.57 Å². The number of hydrogen-bond donors (Lipinski definition) is 0. The van der Waals surface area contributed by atoms with Crippen LogP contribution < -0.4 is 19.8 Å². The summed E-state index contributed by atoms with van der Waals surface area (Å²) >= 11 is 7.27. The van der Waals surface area contributed by atoms with Crippen LogP contribution in [0.4, 0.5) is 5.69 Å². The summed E-state index contributed by atoms with van der Waals surface area (Å²) in [6, 6.07) is 13.7. The van der Waals surface area contributed by atoms with E-state index < -0.39 is 12.0 Å². The van der Waals surface area contributed by atoms with Gasteiger partial charge in [-0.1, -0.05) is 53.3 Å². The third kappa shape index (κ3) is 3.64. The number of esters is 1. The first-order valence-corrected chi connectivity index (χ1v) is 12.5. The summed E-state index contributed by atoms with van der Waals surface area (Å²) in [4.78, 5) is 47.0. The predicted octanol–water partition coefficient (Wildman–Crippen LogP) is 3.19. The largest absolute Gasteiger partial charge is 0.463 e. The minimum absolute atomic E-state index is 0.190. The Bertz CT molecular complexity index is 1580. The number of allylic oxidation sites excluding steroid dienone is 1. The highest BCUT2D eigenvalue weighted by Crippen LogP contribution is 2.35. The summed E-state index contributed by atoms with van der Waals surface area (Å²) in [6.07, 6.45) is 0. The number of nitrogens with zero attached hydrogens (tertiary/aromatic N) is 3. The van der Waals surface area contributed by atoms with E-state index in [0.29, 0.717) is 43.3 Å². The van der Waals surface area contributed by atoms with Crippen molar-refractivity contribution in [2.75, 3.05) is 18.1 Å². The number of fused-ring (bicyclic) bond motifs is 2. The standard InChI is InChI=1S/C26H22ClN3O4S/c1-4-29-18-9-7-6-8-17(18)20(23(29)31)22-24(32)30-21(15-10-12-16(27)13-11-15)19(25(33)34-5-2)14(3)28-26(30)35-22/h6-13,21H,4-5H2,1-3H3/b22-20-/t21-/m0/s1. The smallest absolute Gasteiger partial charge is 0.338 e. The van der Waals surface area contributed by atoms with Gasteiger partial charge in [-0.15, -0.1) is 0 Å². The number of benzene rings is 2. The molecule has 5 rings (SSSR count). The minimum Gasteiger partial charge on any atom is -0.463 e. The number of halogens is 1. The molecule has 0 aliphatic carbocycles. The lowest BCUT2D eigenvalue weighted by atomic mass is 9.96. The van der Waals surface area contributed by atoms with Gasteiger partial charge in [-0.3, -0.25) is 14.2 Å². The third-order valence-corrected chi connectivity index (χ3v) is 7.45. The molecule has 0 unspecified atom stereocenters. The number of likely N-dealkylation sites (N-methyl/N-ethyl adjacent to an activating group) is 1. The van der Waals surface area contributed by atoms with Crippen molar-refractivity contribution in [1.29, 1.82) is 0 Å². The van der Waals surface area contributed by atoms with Crippen LogP contribution in [-0.4, -0.2) is 29.6 Å². The summed E-state index contributed by atoms with van der Waals surface area (Å²) < 4.78 is 7.11. The van der Waals surface area contributed by atoms with Crippen LogP contribution in [0.15, 0.2) is 69.6 Å². The molecule has 3 heterocycles. The van der Waals surface area contributed by atoms with Crippen molar-refractivity contribution in [3.8, 4) is 0 Å². The Hall–Kier alpha value is -3.49. The molecule has 35 heavy (non-hydrogen) atoms. The van der Waals surface area contributed by atoms with Crippen LogP contribution in [0.25, 0.3) is 5.57 Å². The van der Waals surface area contributed by atoms with Gasteiger partial charge in [0.2, 0.25) is 0 Å². The normalized spacial score (nSPS) is 18.3. The Morgan fingerprint density at radius 2 is 1.83 bits per heavy atom. The number of ether oxygens (including phenoxy) is 1. The first kappa shape index (κ1) is 23.3. The summed E-state index contributed by atoms with van der Waals surface area (Å²) in [5.74, 6) is -0.755. The molecule has 2 aliphatic heterocycles. The lowest BCUT2D eigenvalue weighted by molar-refractivity contribution is -0.139. The molecule has 0 radical (unpaired) electrons. The van der Waals surface area contributed by atoms with Crippen LogP contribution in [0.2, 0.25) is 5.02 Å². The van der Waals surface area contributed by atoms with Gasteiger partial charge in [0.1, 0.15) is 4.53 Å². The zero-order chi connectivity index (χ0) is 24.9. The minimum atomic E-state index is -0.758. The summed E-state index contributed by atoms with van der Waals surface area (Å²) in [5, 5.41) is 0.537. The Kier molecular flexibility index (Phi) is 5.94. The molecule has 0 N–H and O–H groups in total. The predicted molar refractivity (Wildman–Crippen MR) is 135 cm³/mol. The number of anilines is 1. The van der Waals surface area contributed by atoms with Crippen LogP contribution >= 0.6 is 22.9 Å².